The van der Waals surface area contributed by atoms with Gasteiger partial charge in [0, 0.05) is 5.56 Å². The van der Waals surface area contributed by atoms with E-state index in [9.17, 15) is 4.79 Å². The van der Waals surface area contributed by atoms with Crippen molar-refractivity contribution in [2.24, 2.45) is 5.92 Å². The predicted octanol–water partition coefficient (Wildman–Crippen LogP) is 3.79. The molecule has 2 aromatic heterocycles. The number of hydrogen-bond donors (Lipinski definition) is 1. The van der Waals surface area contributed by atoms with Crippen LogP contribution >= 0.6 is 0 Å². The van der Waals surface area contributed by atoms with Crippen LogP contribution in [-0.4, -0.2) is 43.2 Å². The van der Waals surface area contributed by atoms with Crippen LogP contribution in [0.1, 0.15) is 70.0 Å². The Labute approximate surface area is 177 Å². The molecule has 0 bridgehead atoms. The van der Waals surface area contributed by atoms with E-state index in [2.05, 4.69) is 59.2 Å². The lowest BCUT2D eigenvalue weighted by atomic mass is 9.94. The summed E-state index contributed by atoms with van der Waals surface area (Å²) in [4.78, 5) is 18.8. The van der Waals surface area contributed by atoms with E-state index in [1.165, 1.54) is 0 Å². The Bertz CT molecular complexity index is 1090. The zero-order chi connectivity index (χ0) is 21.5. The summed E-state index contributed by atoms with van der Waals surface area (Å²) in [7, 11) is 0. The van der Waals surface area contributed by atoms with Gasteiger partial charge in [-0.2, -0.15) is 0 Å². The molecule has 160 valence electrons. The summed E-state index contributed by atoms with van der Waals surface area (Å²) in [6.45, 7) is 12.6. The first kappa shape index (κ1) is 20.7. The van der Waals surface area contributed by atoms with Gasteiger partial charge in [0.2, 0.25) is 0 Å². The summed E-state index contributed by atoms with van der Waals surface area (Å²) in [5, 5.41) is 13.8. The highest BCUT2D eigenvalue weighted by Crippen LogP contribution is 2.33. The van der Waals surface area contributed by atoms with Crippen molar-refractivity contribution in [3.63, 3.8) is 0 Å². The Morgan fingerprint density at radius 3 is 2.70 bits per heavy atom. The van der Waals surface area contributed by atoms with Gasteiger partial charge in [-0.25, -0.2) is 4.68 Å². The number of nitrogens with one attached hydrogen (secondary N) is 1. The monoisotopic (exact) mass is 408 g/mol. The van der Waals surface area contributed by atoms with Gasteiger partial charge in [-0.1, -0.05) is 32.0 Å². The lowest BCUT2D eigenvalue weighted by Gasteiger charge is -2.37. The molecule has 7 heteroatoms. The van der Waals surface area contributed by atoms with Gasteiger partial charge in [-0.05, 0) is 86.5 Å². The van der Waals surface area contributed by atoms with Gasteiger partial charge in [0.1, 0.15) is 6.04 Å². The molecular formula is C23H32N6O. The minimum atomic E-state index is -0.271. The predicted molar refractivity (Wildman–Crippen MR) is 119 cm³/mol. The van der Waals surface area contributed by atoms with E-state index in [-0.39, 0.29) is 17.1 Å². The average molecular weight is 409 g/mol. The maximum atomic E-state index is 13.3. The molecule has 1 atom stereocenters. The van der Waals surface area contributed by atoms with E-state index in [0.717, 1.165) is 54.6 Å². The fraction of sp³-hybridized carbons (Fsp3) is 0.565. The molecule has 1 aliphatic rings. The second-order valence-corrected chi connectivity index (χ2v) is 9.33. The zero-order valence-corrected chi connectivity index (χ0v) is 18.6. The minimum absolute atomic E-state index is 0.0655. The SMILES string of the molecule is CCC(C)(C)n1nnnc1[C@H](c1cc2cccc(C)c2[nH]c1=O)N1CCC(C)CC1. The van der Waals surface area contributed by atoms with Crippen LogP contribution in [0.4, 0.5) is 0 Å². The fourth-order valence-electron chi connectivity index (χ4n) is 4.33. The van der Waals surface area contributed by atoms with E-state index in [1.54, 1.807) is 0 Å². The van der Waals surface area contributed by atoms with Crippen LogP contribution < -0.4 is 5.56 Å². The van der Waals surface area contributed by atoms with Crippen molar-refractivity contribution in [1.82, 2.24) is 30.1 Å². The van der Waals surface area contributed by atoms with Crippen LogP contribution in [0.3, 0.4) is 0 Å². The van der Waals surface area contributed by atoms with Crippen LogP contribution in [-0.2, 0) is 5.54 Å². The number of aromatic amines is 1. The lowest BCUT2D eigenvalue weighted by molar-refractivity contribution is 0.143. The molecule has 0 unspecified atom stereocenters. The van der Waals surface area contributed by atoms with E-state index < -0.39 is 0 Å². The number of nitrogens with zero attached hydrogens (tertiary/aromatic N) is 5. The zero-order valence-electron chi connectivity index (χ0n) is 18.6. The first-order chi connectivity index (χ1) is 14.3. The molecule has 1 aromatic carbocycles. The molecule has 1 saturated heterocycles. The van der Waals surface area contributed by atoms with E-state index in [4.69, 9.17) is 0 Å². The molecule has 30 heavy (non-hydrogen) atoms. The molecular weight excluding hydrogens is 376 g/mol. The van der Waals surface area contributed by atoms with E-state index in [0.29, 0.717) is 11.5 Å². The molecule has 0 amide bonds. The maximum absolute atomic E-state index is 13.3. The van der Waals surface area contributed by atoms with Gasteiger partial charge >= 0.3 is 0 Å². The van der Waals surface area contributed by atoms with Crippen molar-refractivity contribution in [2.45, 2.75) is 65.5 Å². The minimum Gasteiger partial charge on any atom is -0.321 e. The summed E-state index contributed by atoms with van der Waals surface area (Å²) in [5.41, 5.74) is 2.37. The van der Waals surface area contributed by atoms with Crippen molar-refractivity contribution in [3.8, 4) is 0 Å². The summed E-state index contributed by atoms with van der Waals surface area (Å²) in [6, 6.07) is 7.86. The fourth-order valence-corrected chi connectivity index (χ4v) is 4.33. The van der Waals surface area contributed by atoms with Gasteiger partial charge in [0.05, 0.1) is 11.1 Å². The highest BCUT2D eigenvalue weighted by atomic mass is 16.1. The molecule has 1 fully saturated rings. The standard InChI is InChI=1S/C23H32N6O/c1-6-23(4,5)29-21(25-26-27-29)20(28-12-10-15(2)11-13-28)18-14-17-9-7-8-16(3)19(17)24-22(18)30/h7-9,14-15,20H,6,10-13H2,1-5H3,(H,24,30)/t20-/m0/s1. The summed E-state index contributed by atoms with van der Waals surface area (Å²) in [6.07, 6.45) is 3.11. The van der Waals surface area contributed by atoms with Crippen molar-refractivity contribution in [1.29, 1.82) is 0 Å². The van der Waals surface area contributed by atoms with Crippen LogP contribution in [0.5, 0.6) is 0 Å². The number of aryl methyl sites for hydroxylation is 1. The van der Waals surface area contributed by atoms with Crippen LogP contribution in [0, 0.1) is 12.8 Å². The van der Waals surface area contributed by atoms with Crippen LogP contribution in [0.15, 0.2) is 29.1 Å². The van der Waals surface area contributed by atoms with Crippen molar-refractivity contribution >= 4 is 10.9 Å². The third-order valence-electron chi connectivity index (χ3n) is 6.77. The second kappa shape index (κ2) is 7.95. The Hall–Kier alpha value is -2.54. The lowest BCUT2D eigenvalue weighted by Crippen LogP contribution is -2.41. The molecule has 3 heterocycles. The topological polar surface area (TPSA) is 79.7 Å². The molecule has 0 radical (unpaired) electrons. The van der Waals surface area contributed by atoms with Gasteiger partial charge in [-0.15, -0.1) is 5.10 Å². The third kappa shape index (κ3) is 3.67. The number of para-hydroxylation sites is 1. The number of aromatic nitrogens is 5. The highest BCUT2D eigenvalue weighted by molar-refractivity contribution is 5.82. The number of rotatable bonds is 5. The first-order valence-corrected chi connectivity index (χ1v) is 11.0. The normalized spacial score (nSPS) is 17.5. The molecule has 0 spiro atoms. The largest absolute Gasteiger partial charge is 0.321 e. The number of pyridine rings is 1. The smallest absolute Gasteiger partial charge is 0.253 e. The Morgan fingerprint density at radius 1 is 1.27 bits per heavy atom. The molecule has 0 saturated carbocycles. The number of likely N-dealkylation sites (tertiary alicyclic amines) is 1. The number of benzene rings is 1. The Morgan fingerprint density at radius 2 is 2.00 bits per heavy atom. The van der Waals surface area contributed by atoms with E-state index in [1.807, 2.05) is 29.8 Å². The average Bonchev–Trinajstić information content (AvgIpc) is 3.21. The Balaban J connectivity index is 1.90. The quantitative estimate of drug-likeness (QED) is 0.695. The molecule has 4 rings (SSSR count). The number of hydrogen-bond acceptors (Lipinski definition) is 5. The molecule has 1 aliphatic heterocycles. The summed E-state index contributed by atoms with van der Waals surface area (Å²) < 4.78 is 1.91. The summed E-state index contributed by atoms with van der Waals surface area (Å²) >= 11 is 0. The number of piperidine rings is 1. The van der Waals surface area contributed by atoms with Gasteiger partial charge in [0.25, 0.3) is 5.56 Å². The van der Waals surface area contributed by atoms with Gasteiger partial charge in [-0.3, -0.25) is 9.69 Å². The maximum Gasteiger partial charge on any atom is 0.253 e. The number of tetrazole rings is 1. The molecule has 3 aromatic rings. The number of fused-ring (bicyclic) bond motifs is 1. The van der Waals surface area contributed by atoms with Crippen molar-refractivity contribution < 1.29 is 0 Å². The van der Waals surface area contributed by atoms with Gasteiger partial charge in [0.15, 0.2) is 5.82 Å². The number of H-pyrrole nitrogens is 1. The molecule has 7 nitrogen and oxygen atoms in total. The molecule has 0 aliphatic carbocycles. The van der Waals surface area contributed by atoms with E-state index >= 15 is 0 Å². The first-order valence-electron chi connectivity index (χ1n) is 11.0. The van der Waals surface area contributed by atoms with Crippen molar-refractivity contribution in [3.05, 3.63) is 51.6 Å². The van der Waals surface area contributed by atoms with Crippen LogP contribution in [0.25, 0.3) is 10.9 Å². The molecule has 1 N–H and O–H groups in total. The Kier molecular flexibility index (Phi) is 5.49. The summed E-state index contributed by atoms with van der Waals surface area (Å²) in [5.74, 6) is 1.44. The second-order valence-electron chi connectivity index (χ2n) is 9.33. The van der Waals surface area contributed by atoms with Crippen molar-refractivity contribution in [2.75, 3.05) is 13.1 Å². The third-order valence-corrected chi connectivity index (χ3v) is 6.77. The van der Waals surface area contributed by atoms with Crippen LogP contribution in [0.2, 0.25) is 0 Å². The highest BCUT2D eigenvalue weighted by Gasteiger charge is 2.35. The van der Waals surface area contributed by atoms with Gasteiger partial charge < -0.3 is 4.98 Å².